The highest BCUT2D eigenvalue weighted by atomic mass is 32.2. The average molecular weight is 376 g/mol. The molecule has 11 heteroatoms. The largest absolute Gasteiger partial charge is 0.300 e. The molecule has 2 aromatic rings. The maximum Gasteiger partial charge on any atom is 0.240 e. The summed E-state index contributed by atoms with van der Waals surface area (Å²) in [4.78, 5) is 11.3. The number of aromatic nitrogens is 2. The van der Waals surface area contributed by atoms with Gasteiger partial charge in [0, 0.05) is 13.0 Å². The predicted octanol–water partition coefficient (Wildman–Crippen LogP) is 1.69. The van der Waals surface area contributed by atoms with Gasteiger partial charge in [0.1, 0.15) is 5.01 Å². The Hall–Kier alpha value is -1.98. The molecule has 0 unspecified atom stereocenters. The minimum Gasteiger partial charge on any atom is -0.300 e. The lowest BCUT2D eigenvalue weighted by molar-refractivity contribution is -0.116. The number of halogens is 2. The Morgan fingerprint density at radius 1 is 1.25 bits per heavy atom. The summed E-state index contributed by atoms with van der Waals surface area (Å²) in [6.45, 7) is 1.70. The van der Waals surface area contributed by atoms with Crippen molar-refractivity contribution in [3.63, 3.8) is 0 Å². The summed E-state index contributed by atoms with van der Waals surface area (Å²) in [6, 6.07) is 2.23. The van der Waals surface area contributed by atoms with Gasteiger partial charge in [-0.05, 0) is 24.6 Å². The number of rotatable bonds is 7. The van der Waals surface area contributed by atoms with Gasteiger partial charge in [-0.2, -0.15) is 0 Å². The fraction of sp³-hybridized carbons (Fsp3) is 0.308. The molecule has 0 saturated heterocycles. The maximum atomic E-state index is 13.1. The summed E-state index contributed by atoms with van der Waals surface area (Å²) in [6.07, 6.45) is 0.547. The lowest BCUT2D eigenvalue weighted by atomic mass is 10.3. The third kappa shape index (κ3) is 4.76. The van der Waals surface area contributed by atoms with Crippen LogP contribution in [-0.2, 0) is 21.2 Å². The first-order chi connectivity index (χ1) is 11.3. The molecular weight excluding hydrogens is 362 g/mol. The Balaban J connectivity index is 1.87. The quantitative estimate of drug-likeness (QED) is 0.766. The molecule has 0 bridgehead atoms. The number of anilines is 1. The Morgan fingerprint density at radius 3 is 2.62 bits per heavy atom. The number of amides is 1. The number of hydrogen-bond acceptors (Lipinski definition) is 6. The van der Waals surface area contributed by atoms with Crippen molar-refractivity contribution in [2.75, 3.05) is 11.9 Å². The van der Waals surface area contributed by atoms with Crippen molar-refractivity contribution in [3.8, 4) is 0 Å². The summed E-state index contributed by atoms with van der Waals surface area (Å²) in [5, 5.41) is 11.2. The van der Waals surface area contributed by atoms with E-state index in [1.54, 1.807) is 0 Å². The van der Waals surface area contributed by atoms with Crippen LogP contribution in [0.15, 0.2) is 23.1 Å². The second kappa shape index (κ2) is 7.73. The molecule has 0 aliphatic carbocycles. The fourth-order valence-electron chi connectivity index (χ4n) is 1.66. The van der Waals surface area contributed by atoms with Gasteiger partial charge in [0.05, 0.1) is 4.90 Å². The first-order valence-corrected chi connectivity index (χ1v) is 9.18. The van der Waals surface area contributed by atoms with Crippen molar-refractivity contribution < 1.29 is 22.0 Å². The smallest absolute Gasteiger partial charge is 0.240 e. The van der Waals surface area contributed by atoms with E-state index >= 15 is 0 Å². The molecule has 0 atom stereocenters. The summed E-state index contributed by atoms with van der Waals surface area (Å²) in [5.74, 6) is -2.85. The third-order valence-electron chi connectivity index (χ3n) is 2.86. The first kappa shape index (κ1) is 18.4. The molecule has 24 heavy (non-hydrogen) atoms. The van der Waals surface area contributed by atoms with E-state index in [2.05, 4.69) is 20.2 Å². The van der Waals surface area contributed by atoms with Crippen LogP contribution in [0.3, 0.4) is 0 Å². The highest BCUT2D eigenvalue weighted by Gasteiger charge is 2.17. The van der Waals surface area contributed by atoms with Crippen LogP contribution in [0.5, 0.6) is 0 Å². The van der Waals surface area contributed by atoms with Crippen molar-refractivity contribution in [2.45, 2.75) is 24.7 Å². The number of carbonyl (C=O) groups excluding carboxylic acids is 1. The summed E-state index contributed by atoms with van der Waals surface area (Å²) in [7, 11) is -4.03. The van der Waals surface area contributed by atoms with E-state index in [0.717, 1.165) is 17.1 Å². The first-order valence-electron chi connectivity index (χ1n) is 6.88. The molecule has 7 nitrogen and oxygen atoms in total. The molecular formula is C13H14F2N4O3S2. The average Bonchev–Trinajstić information content (AvgIpc) is 2.97. The van der Waals surface area contributed by atoms with E-state index in [0.29, 0.717) is 17.6 Å². The molecule has 0 radical (unpaired) electrons. The highest BCUT2D eigenvalue weighted by Crippen LogP contribution is 2.16. The van der Waals surface area contributed by atoms with Crippen LogP contribution < -0.4 is 10.0 Å². The van der Waals surface area contributed by atoms with Crippen molar-refractivity contribution in [1.29, 1.82) is 0 Å². The molecule has 0 saturated carbocycles. The molecule has 1 aromatic carbocycles. The van der Waals surface area contributed by atoms with Gasteiger partial charge < -0.3 is 5.32 Å². The minimum absolute atomic E-state index is 0.149. The van der Waals surface area contributed by atoms with Crippen LogP contribution >= 0.6 is 11.3 Å². The van der Waals surface area contributed by atoms with Gasteiger partial charge in [-0.25, -0.2) is 21.9 Å². The molecule has 0 fully saturated rings. The number of sulfonamides is 1. The predicted molar refractivity (Wildman–Crippen MR) is 84.1 cm³/mol. The lowest BCUT2D eigenvalue weighted by Crippen LogP contribution is -2.28. The third-order valence-corrected chi connectivity index (χ3v) is 5.30. The van der Waals surface area contributed by atoms with E-state index in [1.165, 1.54) is 11.3 Å². The van der Waals surface area contributed by atoms with Crippen LogP contribution in [0.25, 0.3) is 0 Å². The normalized spacial score (nSPS) is 11.5. The van der Waals surface area contributed by atoms with Crippen LogP contribution in [0.1, 0.15) is 18.4 Å². The van der Waals surface area contributed by atoms with E-state index in [1.807, 2.05) is 6.92 Å². The fourth-order valence-corrected chi connectivity index (χ4v) is 3.39. The summed E-state index contributed by atoms with van der Waals surface area (Å²) >= 11 is 1.23. The van der Waals surface area contributed by atoms with Crippen LogP contribution in [0.2, 0.25) is 0 Å². The van der Waals surface area contributed by atoms with Crippen LogP contribution in [0, 0.1) is 11.6 Å². The Morgan fingerprint density at radius 2 is 2.00 bits per heavy atom. The van der Waals surface area contributed by atoms with Crippen molar-refractivity contribution in [1.82, 2.24) is 14.9 Å². The van der Waals surface area contributed by atoms with Crippen molar-refractivity contribution in [3.05, 3.63) is 34.8 Å². The summed E-state index contributed by atoms with van der Waals surface area (Å²) < 4.78 is 51.9. The van der Waals surface area contributed by atoms with Gasteiger partial charge >= 0.3 is 0 Å². The van der Waals surface area contributed by atoms with Gasteiger partial charge in [0.2, 0.25) is 21.1 Å². The SMILES string of the molecule is CCc1nnc(NC(=O)CCNS(=O)(=O)c2ccc(F)c(F)c2)s1. The number of benzene rings is 1. The maximum absolute atomic E-state index is 13.1. The number of hydrogen-bond donors (Lipinski definition) is 2. The van der Waals surface area contributed by atoms with Gasteiger partial charge in [0.25, 0.3) is 0 Å². The number of nitrogens with zero attached hydrogens (tertiary/aromatic N) is 2. The molecule has 0 aliphatic heterocycles. The number of aryl methyl sites for hydroxylation is 1. The molecule has 2 rings (SSSR count). The van der Waals surface area contributed by atoms with Crippen LogP contribution in [0.4, 0.5) is 13.9 Å². The lowest BCUT2D eigenvalue weighted by Gasteiger charge is -2.07. The highest BCUT2D eigenvalue weighted by molar-refractivity contribution is 7.89. The van der Waals surface area contributed by atoms with Gasteiger partial charge in [-0.3, -0.25) is 4.79 Å². The second-order valence-electron chi connectivity index (χ2n) is 4.63. The molecule has 0 spiro atoms. The van der Waals surface area contributed by atoms with Gasteiger partial charge in [-0.15, -0.1) is 10.2 Å². The zero-order valence-electron chi connectivity index (χ0n) is 12.5. The Labute approximate surface area is 141 Å². The van der Waals surface area contributed by atoms with E-state index in [-0.39, 0.29) is 13.0 Å². The number of carbonyl (C=O) groups is 1. The van der Waals surface area contributed by atoms with E-state index in [4.69, 9.17) is 0 Å². The molecule has 2 N–H and O–H groups in total. The monoisotopic (exact) mass is 376 g/mol. The van der Waals surface area contributed by atoms with Gasteiger partial charge in [0.15, 0.2) is 11.6 Å². The second-order valence-corrected chi connectivity index (χ2v) is 7.46. The molecule has 0 aliphatic rings. The van der Waals surface area contributed by atoms with Crippen molar-refractivity contribution in [2.24, 2.45) is 0 Å². The standard InChI is InChI=1S/C13H14F2N4O3S2/c1-2-12-18-19-13(23-12)17-11(20)5-6-16-24(21,22)8-3-4-9(14)10(15)7-8/h3-4,7,16H,2,5-6H2,1H3,(H,17,19,20). The Bertz CT molecular complexity index is 839. The van der Waals surface area contributed by atoms with E-state index < -0.39 is 32.5 Å². The van der Waals surface area contributed by atoms with Gasteiger partial charge in [-0.1, -0.05) is 18.3 Å². The molecule has 1 heterocycles. The van der Waals surface area contributed by atoms with Crippen molar-refractivity contribution >= 4 is 32.4 Å². The Kier molecular flexibility index (Phi) is 5.91. The van der Waals surface area contributed by atoms with Crippen LogP contribution in [-0.4, -0.2) is 31.1 Å². The molecule has 130 valence electrons. The molecule has 1 amide bonds. The summed E-state index contributed by atoms with van der Waals surface area (Å²) in [5.41, 5.74) is 0. The van der Waals surface area contributed by atoms with E-state index in [9.17, 15) is 22.0 Å². The molecule has 1 aromatic heterocycles. The zero-order chi connectivity index (χ0) is 17.7. The number of nitrogens with one attached hydrogen (secondary N) is 2. The topological polar surface area (TPSA) is 101 Å². The minimum atomic E-state index is -4.03. The zero-order valence-corrected chi connectivity index (χ0v) is 14.2.